The standard InChI is InChI=1S/C53H62N6O11/c1-5-33-30-39-40(53(2,3)49-47(48(39)62)37-12-11-36(54-4)31-41(37)56-49)32-43(33)58-18-15-35(16-19-58)55-45(61)17-21-67-23-25-69-27-29-70-28-26-68-24-22-66-20-7-9-34-8-6-10-38-46(34)52(65)59(51(38)64)42-13-14-44(60)57-50(42)63/h6,8,10-12,30-32,35,42,56H,5,7,9,13-29H2,1-3H3,(H,55,61)(H,57,60,63). The van der Waals surface area contributed by atoms with Crippen molar-refractivity contribution in [2.24, 2.45) is 0 Å². The van der Waals surface area contributed by atoms with Crippen molar-refractivity contribution in [2.45, 2.75) is 89.6 Å². The Morgan fingerprint density at radius 1 is 0.786 bits per heavy atom. The van der Waals surface area contributed by atoms with Gasteiger partial charge >= 0.3 is 0 Å². The monoisotopic (exact) mass is 958 g/mol. The lowest BCUT2D eigenvalue weighted by Gasteiger charge is -2.38. The minimum atomic E-state index is -0.996. The number of benzene rings is 3. The molecule has 3 N–H and O–H groups in total. The molecule has 0 saturated carbocycles. The Labute approximate surface area is 407 Å². The van der Waals surface area contributed by atoms with E-state index in [0.717, 1.165) is 76.2 Å². The smallest absolute Gasteiger partial charge is 0.262 e. The van der Waals surface area contributed by atoms with Gasteiger partial charge in [0.25, 0.3) is 11.8 Å². The van der Waals surface area contributed by atoms with Gasteiger partial charge in [-0.3, -0.25) is 39.0 Å². The van der Waals surface area contributed by atoms with Crippen molar-refractivity contribution in [2.75, 3.05) is 84.1 Å². The number of rotatable bonds is 23. The first-order valence-electron chi connectivity index (χ1n) is 24.4. The summed E-state index contributed by atoms with van der Waals surface area (Å²) in [7, 11) is 0. The summed E-state index contributed by atoms with van der Waals surface area (Å²) < 4.78 is 28.1. The van der Waals surface area contributed by atoms with Crippen LogP contribution < -0.4 is 15.5 Å². The number of nitrogens with zero attached hydrogens (tertiary/aromatic N) is 3. The normalized spacial score (nSPS) is 17.7. The second-order valence-electron chi connectivity index (χ2n) is 18.6. The molecular weight excluding hydrogens is 897 g/mol. The largest absolute Gasteiger partial charge is 0.379 e. The number of ether oxygens (including phenoxy) is 5. The predicted octanol–water partition coefficient (Wildman–Crippen LogP) is 5.74. The lowest BCUT2D eigenvalue weighted by atomic mass is 9.70. The van der Waals surface area contributed by atoms with E-state index in [4.69, 9.17) is 30.3 Å². The zero-order valence-corrected chi connectivity index (χ0v) is 40.2. The number of hydrogen-bond acceptors (Lipinski definition) is 12. The first-order chi connectivity index (χ1) is 33.9. The molecule has 3 aliphatic heterocycles. The molecule has 8 rings (SSSR count). The molecule has 1 aliphatic carbocycles. The van der Waals surface area contributed by atoms with Crippen LogP contribution in [0.25, 0.3) is 15.7 Å². The Bertz CT molecular complexity index is 2680. The van der Waals surface area contributed by atoms with E-state index in [2.05, 4.69) is 58.3 Å². The number of aryl methyl sites for hydroxylation is 2. The van der Waals surface area contributed by atoms with Crippen LogP contribution in [0.3, 0.4) is 0 Å². The van der Waals surface area contributed by atoms with Crippen LogP contribution in [0.15, 0.2) is 48.5 Å². The molecule has 17 heteroatoms. The third-order valence-electron chi connectivity index (χ3n) is 13.7. The Hall–Kier alpha value is -6.29. The van der Waals surface area contributed by atoms with E-state index in [0.29, 0.717) is 101 Å². The fourth-order valence-corrected chi connectivity index (χ4v) is 10.0. The lowest BCUT2D eigenvalue weighted by molar-refractivity contribution is -0.136. The van der Waals surface area contributed by atoms with Crippen molar-refractivity contribution < 1.29 is 52.5 Å². The second-order valence-corrected chi connectivity index (χ2v) is 18.6. The van der Waals surface area contributed by atoms with Gasteiger partial charge in [0, 0.05) is 71.8 Å². The third-order valence-corrected chi connectivity index (χ3v) is 13.7. The van der Waals surface area contributed by atoms with Gasteiger partial charge in [-0.25, -0.2) is 4.85 Å². The number of hydrogen-bond donors (Lipinski definition) is 3. The van der Waals surface area contributed by atoms with E-state index in [1.807, 2.05) is 12.1 Å². The first kappa shape index (κ1) is 50.1. The average molecular weight is 959 g/mol. The minimum absolute atomic E-state index is 0.0161. The van der Waals surface area contributed by atoms with Crippen molar-refractivity contribution in [1.82, 2.24) is 20.5 Å². The highest BCUT2D eigenvalue weighted by Gasteiger charge is 2.45. The topological polar surface area (TPSA) is 199 Å². The van der Waals surface area contributed by atoms with E-state index in [9.17, 15) is 28.8 Å². The molecule has 70 heavy (non-hydrogen) atoms. The van der Waals surface area contributed by atoms with E-state index in [1.165, 1.54) is 0 Å². The number of aromatic nitrogens is 1. The van der Waals surface area contributed by atoms with Crippen LogP contribution in [0.4, 0.5) is 11.4 Å². The molecule has 17 nitrogen and oxygen atoms in total. The number of imide groups is 2. The van der Waals surface area contributed by atoms with Crippen LogP contribution in [0, 0.1) is 6.57 Å². The molecule has 0 spiro atoms. The molecule has 2 fully saturated rings. The number of carbonyl (C=O) groups excluding carboxylic acids is 6. The van der Waals surface area contributed by atoms with Gasteiger partial charge in [0.15, 0.2) is 11.5 Å². The van der Waals surface area contributed by atoms with E-state index < -0.39 is 35.1 Å². The zero-order chi connectivity index (χ0) is 49.4. The maximum Gasteiger partial charge on any atom is 0.262 e. The van der Waals surface area contributed by atoms with Crippen molar-refractivity contribution in [3.8, 4) is 0 Å². The molecule has 5 amide bonds. The van der Waals surface area contributed by atoms with E-state index in [-0.39, 0.29) is 42.6 Å². The lowest BCUT2D eigenvalue weighted by Crippen LogP contribution is -2.54. The van der Waals surface area contributed by atoms with Gasteiger partial charge in [-0.2, -0.15) is 0 Å². The van der Waals surface area contributed by atoms with Gasteiger partial charge in [0.05, 0.1) is 82.7 Å². The molecule has 3 aromatic carbocycles. The molecule has 0 radical (unpaired) electrons. The number of fused-ring (bicyclic) bond motifs is 5. The maximum absolute atomic E-state index is 14.1. The van der Waals surface area contributed by atoms with Crippen molar-refractivity contribution >= 4 is 57.6 Å². The number of carbonyl (C=O) groups is 6. The zero-order valence-electron chi connectivity index (χ0n) is 40.2. The summed E-state index contributed by atoms with van der Waals surface area (Å²) in [5, 5.41) is 6.26. The van der Waals surface area contributed by atoms with Gasteiger partial charge < -0.3 is 38.9 Å². The molecule has 0 bridgehead atoms. The Morgan fingerprint density at radius 3 is 2.11 bits per heavy atom. The summed E-state index contributed by atoms with van der Waals surface area (Å²) in [5.41, 5.74) is 7.78. The van der Waals surface area contributed by atoms with Gasteiger partial charge in [-0.05, 0) is 79.5 Å². The maximum atomic E-state index is 14.1. The molecule has 4 aromatic rings. The van der Waals surface area contributed by atoms with Crippen LogP contribution >= 0.6 is 0 Å². The van der Waals surface area contributed by atoms with Gasteiger partial charge in [0.2, 0.25) is 17.7 Å². The van der Waals surface area contributed by atoms with Gasteiger partial charge in [-0.15, -0.1) is 0 Å². The summed E-state index contributed by atoms with van der Waals surface area (Å²) in [4.78, 5) is 87.6. The SMILES string of the molecule is [C-]#[N+]c1ccc2c3c([nH]c2c1)C(C)(C)c1cc(N2CCC(NC(=O)CCOCCOCCOCCOCCOCCCc4cccc5c4C(=O)N(C4CCC(=O)NC4=O)C5=O)CC2)c(CC)cc1C3=O. The van der Waals surface area contributed by atoms with Gasteiger partial charge in [0.1, 0.15) is 6.04 Å². The number of anilines is 1. The molecular formula is C53H62N6O11. The summed E-state index contributed by atoms with van der Waals surface area (Å²) >= 11 is 0. The van der Waals surface area contributed by atoms with Gasteiger partial charge in [-0.1, -0.05) is 45.0 Å². The second kappa shape index (κ2) is 22.6. The van der Waals surface area contributed by atoms with Crippen LogP contribution in [0.5, 0.6) is 0 Å². The summed E-state index contributed by atoms with van der Waals surface area (Å²) in [5.74, 6) is -2.08. The quantitative estimate of drug-likeness (QED) is 0.0464. The number of ketones is 1. The fraction of sp³-hybridized carbons (Fsp3) is 0.491. The highest BCUT2D eigenvalue weighted by Crippen LogP contribution is 2.46. The number of aromatic amines is 1. The number of piperidine rings is 2. The predicted molar refractivity (Wildman–Crippen MR) is 259 cm³/mol. The van der Waals surface area contributed by atoms with Crippen LogP contribution in [0.1, 0.15) is 118 Å². The third kappa shape index (κ3) is 10.9. The summed E-state index contributed by atoms with van der Waals surface area (Å²) in [6.07, 6.45) is 4.01. The Kier molecular flexibility index (Phi) is 16.2. The van der Waals surface area contributed by atoms with Crippen LogP contribution in [-0.4, -0.2) is 136 Å². The molecule has 4 heterocycles. The molecule has 2 saturated heterocycles. The Morgan fingerprint density at radius 2 is 1.46 bits per heavy atom. The molecule has 4 aliphatic rings. The number of nitrogens with one attached hydrogen (secondary N) is 3. The average Bonchev–Trinajstić information content (AvgIpc) is 3.87. The first-order valence-corrected chi connectivity index (χ1v) is 24.4. The number of amides is 5. The highest BCUT2D eigenvalue weighted by molar-refractivity contribution is 6.24. The Balaban J connectivity index is 0.636. The van der Waals surface area contributed by atoms with E-state index >= 15 is 0 Å². The number of H-pyrrole nitrogens is 1. The molecule has 370 valence electrons. The molecule has 1 unspecified atom stereocenters. The van der Waals surface area contributed by atoms with Crippen LogP contribution in [0.2, 0.25) is 0 Å². The summed E-state index contributed by atoms with van der Waals surface area (Å²) in [6.45, 7) is 19.4. The van der Waals surface area contributed by atoms with Crippen LogP contribution in [-0.2, 0) is 56.3 Å². The van der Waals surface area contributed by atoms with Crippen molar-refractivity contribution in [3.05, 3.63) is 105 Å². The fourth-order valence-electron chi connectivity index (χ4n) is 10.0. The minimum Gasteiger partial charge on any atom is -0.379 e. The molecule has 1 aromatic heterocycles. The van der Waals surface area contributed by atoms with Crippen molar-refractivity contribution in [1.29, 1.82) is 0 Å². The van der Waals surface area contributed by atoms with E-state index in [1.54, 1.807) is 24.3 Å². The highest BCUT2D eigenvalue weighted by atomic mass is 16.6. The van der Waals surface area contributed by atoms with Crippen molar-refractivity contribution in [3.63, 3.8) is 0 Å². The summed E-state index contributed by atoms with van der Waals surface area (Å²) in [6, 6.07) is 14.0. The molecule has 1 atom stereocenters.